The van der Waals surface area contributed by atoms with Gasteiger partial charge in [0.2, 0.25) is 0 Å². The molecular weight excluding hydrogens is 226 g/mol. The number of rotatable bonds is 5. The van der Waals surface area contributed by atoms with Gasteiger partial charge in [0, 0.05) is 19.3 Å². The first-order chi connectivity index (χ1) is 8.65. The number of hydrogen-bond acceptors (Lipinski definition) is 3. The van der Waals surface area contributed by atoms with Gasteiger partial charge >= 0.3 is 0 Å². The molecular formula is C15H23NO2. The van der Waals surface area contributed by atoms with Crippen molar-refractivity contribution in [3.63, 3.8) is 0 Å². The fraction of sp³-hybridized carbons (Fsp3) is 0.600. The highest BCUT2D eigenvalue weighted by molar-refractivity contribution is 5.30. The first-order valence-electron chi connectivity index (χ1n) is 6.75. The van der Waals surface area contributed by atoms with Crippen molar-refractivity contribution in [1.29, 1.82) is 0 Å². The first kappa shape index (κ1) is 13.4. The van der Waals surface area contributed by atoms with Crippen molar-refractivity contribution in [1.82, 2.24) is 0 Å². The van der Waals surface area contributed by atoms with E-state index in [4.69, 9.17) is 15.2 Å². The highest BCUT2D eigenvalue weighted by Crippen LogP contribution is 2.26. The molecule has 1 aromatic carbocycles. The molecule has 0 saturated carbocycles. The third-order valence-corrected chi connectivity index (χ3v) is 3.27. The van der Waals surface area contributed by atoms with Gasteiger partial charge in [0.05, 0.1) is 6.10 Å². The number of nitrogens with two attached hydrogens (primary N) is 1. The Kier molecular flexibility index (Phi) is 4.61. The van der Waals surface area contributed by atoms with Gasteiger partial charge in [0.15, 0.2) is 0 Å². The Balaban J connectivity index is 1.98. The Labute approximate surface area is 109 Å². The maximum absolute atomic E-state index is 6.26. The lowest BCUT2D eigenvalue weighted by Gasteiger charge is -2.17. The molecule has 1 aliphatic heterocycles. The third-order valence-electron chi connectivity index (χ3n) is 3.27. The largest absolute Gasteiger partial charge is 0.491 e. The van der Waals surface area contributed by atoms with Gasteiger partial charge in [-0.15, -0.1) is 0 Å². The van der Waals surface area contributed by atoms with Crippen LogP contribution in [0.4, 0.5) is 0 Å². The van der Waals surface area contributed by atoms with Crippen molar-refractivity contribution >= 4 is 0 Å². The Morgan fingerprint density at radius 2 is 2.28 bits per heavy atom. The molecule has 0 spiro atoms. The lowest BCUT2D eigenvalue weighted by atomic mass is 9.95. The SMILES string of the molecule is CC(C)Oc1cccc(C(N)CC2CCOC2)c1. The lowest BCUT2D eigenvalue weighted by Crippen LogP contribution is -2.16. The monoisotopic (exact) mass is 249 g/mol. The van der Waals surface area contributed by atoms with Crippen LogP contribution >= 0.6 is 0 Å². The molecule has 2 unspecified atom stereocenters. The Hall–Kier alpha value is -1.06. The van der Waals surface area contributed by atoms with Gasteiger partial charge in [-0.25, -0.2) is 0 Å². The lowest BCUT2D eigenvalue weighted by molar-refractivity contribution is 0.182. The first-order valence-corrected chi connectivity index (χ1v) is 6.75. The Morgan fingerprint density at radius 3 is 2.94 bits per heavy atom. The fourth-order valence-electron chi connectivity index (χ4n) is 2.36. The summed E-state index contributed by atoms with van der Waals surface area (Å²) in [6.45, 7) is 5.80. The summed E-state index contributed by atoms with van der Waals surface area (Å²) < 4.78 is 11.1. The van der Waals surface area contributed by atoms with E-state index < -0.39 is 0 Å². The van der Waals surface area contributed by atoms with Gasteiger partial charge in [-0.1, -0.05) is 12.1 Å². The van der Waals surface area contributed by atoms with Crippen molar-refractivity contribution in [2.24, 2.45) is 11.7 Å². The van der Waals surface area contributed by atoms with Crippen LogP contribution in [-0.2, 0) is 4.74 Å². The van der Waals surface area contributed by atoms with Crippen LogP contribution in [0.25, 0.3) is 0 Å². The highest BCUT2D eigenvalue weighted by atomic mass is 16.5. The van der Waals surface area contributed by atoms with E-state index in [1.54, 1.807) is 0 Å². The summed E-state index contributed by atoms with van der Waals surface area (Å²) in [6, 6.07) is 8.20. The van der Waals surface area contributed by atoms with Crippen molar-refractivity contribution < 1.29 is 9.47 Å². The van der Waals surface area contributed by atoms with E-state index in [0.717, 1.165) is 37.4 Å². The molecule has 0 amide bonds. The molecule has 100 valence electrons. The summed E-state index contributed by atoms with van der Waals surface area (Å²) in [4.78, 5) is 0. The second kappa shape index (κ2) is 6.21. The molecule has 1 heterocycles. The molecule has 2 rings (SSSR count). The van der Waals surface area contributed by atoms with Crippen LogP contribution in [0, 0.1) is 5.92 Å². The second-order valence-electron chi connectivity index (χ2n) is 5.31. The average molecular weight is 249 g/mol. The van der Waals surface area contributed by atoms with E-state index in [1.807, 2.05) is 26.0 Å². The van der Waals surface area contributed by atoms with Crippen LogP contribution in [0.3, 0.4) is 0 Å². The molecule has 1 fully saturated rings. The van der Waals surface area contributed by atoms with Crippen LogP contribution in [0.2, 0.25) is 0 Å². The average Bonchev–Trinajstić information content (AvgIpc) is 2.81. The van der Waals surface area contributed by atoms with E-state index in [-0.39, 0.29) is 12.1 Å². The molecule has 1 aromatic rings. The Morgan fingerprint density at radius 1 is 1.44 bits per heavy atom. The molecule has 3 heteroatoms. The minimum absolute atomic E-state index is 0.0763. The van der Waals surface area contributed by atoms with Gasteiger partial charge in [-0.2, -0.15) is 0 Å². The summed E-state index contributed by atoms with van der Waals surface area (Å²) in [5.41, 5.74) is 7.42. The van der Waals surface area contributed by atoms with Crippen molar-refractivity contribution in [2.45, 2.75) is 38.8 Å². The van der Waals surface area contributed by atoms with Crippen LogP contribution < -0.4 is 10.5 Å². The van der Waals surface area contributed by atoms with Crippen molar-refractivity contribution in [2.75, 3.05) is 13.2 Å². The van der Waals surface area contributed by atoms with E-state index >= 15 is 0 Å². The van der Waals surface area contributed by atoms with Gasteiger partial charge in [-0.05, 0) is 50.3 Å². The molecule has 0 aliphatic carbocycles. The molecule has 2 atom stereocenters. The summed E-state index contributed by atoms with van der Waals surface area (Å²) >= 11 is 0. The molecule has 18 heavy (non-hydrogen) atoms. The van der Waals surface area contributed by atoms with E-state index in [0.29, 0.717) is 5.92 Å². The smallest absolute Gasteiger partial charge is 0.120 e. The number of hydrogen-bond donors (Lipinski definition) is 1. The maximum atomic E-state index is 6.26. The van der Waals surface area contributed by atoms with Crippen molar-refractivity contribution in [3.05, 3.63) is 29.8 Å². The summed E-state index contributed by atoms with van der Waals surface area (Å²) in [6.07, 6.45) is 2.32. The zero-order chi connectivity index (χ0) is 13.0. The maximum Gasteiger partial charge on any atom is 0.120 e. The third kappa shape index (κ3) is 3.72. The molecule has 1 aliphatic rings. The van der Waals surface area contributed by atoms with Crippen LogP contribution in [0.1, 0.15) is 38.3 Å². The van der Waals surface area contributed by atoms with Gasteiger partial charge in [0.1, 0.15) is 5.75 Å². The summed E-state index contributed by atoms with van der Waals surface area (Å²) in [7, 11) is 0. The van der Waals surface area contributed by atoms with E-state index in [9.17, 15) is 0 Å². The minimum atomic E-state index is 0.0763. The summed E-state index contributed by atoms with van der Waals surface area (Å²) in [5.74, 6) is 1.51. The van der Waals surface area contributed by atoms with Gasteiger partial charge in [0.25, 0.3) is 0 Å². The highest BCUT2D eigenvalue weighted by Gasteiger charge is 2.19. The van der Waals surface area contributed by atoms with E-state index in [1.165, 1.54) is 0 Å². The standard InChI is InChI=1S/C15H23NO2/c1-11(2)18-14-5-3-4-13(9-14)15(16)8-12-6-7-17-10-12/h3-5,9,11-12,15H,6-8,10,16H2,1-2H3. The second-order valence-corrected chi connectivity index (χ2v) is 5.31. The molecule has 1 saturated heterocycles. The molecule has 3 nitrogen and oxygen atoms in total. The quantitative estimate of drug-likeness (QED) is 0.872. The number of benzene rings is 1. The zero-order valence-corrected chi connectivity index (χ0v) is 11.3. The summed E-state index contributed by atoms with van der Waals surface area (Å²) in [5, 5.41) is 0. The van der Waals surface area contributed by atoms with Crippen molar-refractivity contribution in [3.8, 4) is 5.75 Å². The Bertz CT molecular complexity index is 373. The fourth-order valence-corrected chi connectivity index (χ4v) is 2.36. The number of ether oxygens (including phenoxy) is 2. The molecule has 0 bridgehead atoms. The van der Waals surface area contributed by atoms with Crippen LogP contribution in [0.15, 0.2) is 24.3 Å². The van der Waals surface area contributed by atoms with Crippen LogP contribution in [0.5, 0.6) is 5.75 Å². The molecule has 0 aromatic heterocycles. The molecule has 2 N–H and O–H groups in total. The van der Waals surface area contributed by atoms with Gasteiger partial charge in [-0.3, -0.25) is 0 Å². The zero-order valence-electron chi connectivity index (χ0n) is 11.3. The minimum Gasteiger partial charge on any atom is -0.491 e. The van der Waals surface area contributed by atoms with Gasteiger partial charge < -0.3 is 15.2 Å². The van der Waals surface area contributed by atoms with Crippen LogP contribution in [-0.4, -0.2) is 19.3 Å². The van der Waals surface area contributed by atoms with E-state index in [2.05, 4.69) is 12.1 Å². The molecule has 0 radical (unpaired) electrons. The topological polar surface area (TPSA) is 44.5 Å². The predicted octanol–water partition coefficient (Wildman–Crippen LogP) is 2.90. The normalized spacial score (nSPS) is 21.2. The predicted molar refractivity (Wildman–Crippen MR) is 72.7 cm³/mol.